The molecule has 6 nitrogen and oxygen atoms in total. The largest absolute Gasteiger partial charge is 0.598 e. The van der Waals surface area contributed by atoms with Gasteiger partial charge in [0, 0.05) is 16.8 Å². The molecular weight excluding hydrogens is 292 g/mol. The summed E-state index contributed by atoms with van der Waals surface area (Å²) in [5.41, 5.74) is -1.81. The van der Waals surface area contributed by atoms with E-state index < -0.39 is 39.1 Å². The van der Waals surface area contributed by atoms with Crippen molar-refractivity contribution in [3.05, 3.63) is 0 Å². The molecule has 2 aliphatic rings. The third-order valence-electron chi connectivity index (χ3n) is 4.76. The van der Waals surface area contributed by atoms with Crippen molar-refractivity contribution < 1.29 is 19.2 Å². The quantitative estimate of drug-likeness (QED) is 0.662. The van der Waals surface area contributed by atoms with Crippen LogP contribution in [-0.4, -0.2) is 51.7 Å². The first-order valence-electron chi connectivity index (χ1n) is 7.41. The number of ether oxygens (including phenoxy) is 1. The number of aliphatic carboxylic acids is 1. The van der Waals surface area contributed by atoms with Gasteiger partial charge >= 0.3 is 5.97 Å². The number of rotatable bonds is 3. The average molecular weight is 318 g/mol. The number of piperidine rings is 1. The van der Waals surface area contributed by atoms with Crippen LogP contribution in [-0.2, 0) is 20.9 Å². The van der Waals surface area contributed by atoms with E-state index in [1.54, 1.807) is 6.92 Å². The topological polar surface area (TPSA) is 93.6 Å². The highest BCUT2D eigenvalue weighted by atomic mass is 32.2. The van der Waals surface area contributed by atoms with Crippen LogP contribution in [0.3, 0.4) is 0 Å². The molecule has 2 aliphatic heterocycles. The van der Waals surface area contributed by atoms with Crippen LogP contribution in [0.25, 0.3) is 0 Å². The fraction of sp³-hybridized carbons (Fsp3) is 0.929. The predicted octanol–water partition coefficient (Wildman–Crippen LogP) is 0.650. The molecule has 0 bridgehead atoms. The summed E-state index contributed by atoms with van der Waals surface area (Å²) >= 11 is -1.47. The van der Waals surface area contributed by atoms with Gasteiger partial charge in [0.1, 0.15) is 4.75 Å². The van der Waals surface area contributed by atoms with Gasteiger partial charge in [-0.15, -0.1) is 4.72 Å². The number of hydrogen-bond acceptors (Lipinski definition) is 5. The first kappa shape index (κ1) is 17.0. The number of nitrogens with one attached hydrogen (secondary N) is 2. The molecule has 122 valence electrons. The van der Waals surface area contributed by atoms with Crippen LogP contribution in [0, 0.1) is 5.41 Å². The Labute approximate surface area is 129 Å². The van der Waals surface area contributed by atoms with Crippen molar-refractivity contribution in [3.63, 3.8) is 0 Å². The van der Waals surface area contributed by atoms with E-state index in [0.717, 1.165) is 13.1 Å². The molecule has 0 aromatic heterocycles. The van der Waals surface area contributed by atoms with Gasteiger partial charge in [-0.2, -0.15) is 0 Å². The molecule has 0 unspecified atom stereocenters. The molecule has 2 saturated heterocycles. The van der Waals surface area contributed by atoms with E-state index in [9.17, 15) is 14.5 Å². The Balaban J connectivity index is 2.40. The highest BCUT2D eigenvalue weighted by Gasteiger charge is 2.67. The Hall–Kier alpha value is -0.340. The second kappa shape index (κ2) is 5.70. The molecule has 2 rings (SSSR count). The number of carboxylic acids is 1. The molecule has 0 aliphatic carbocycles. The minimum Gasteiger partial charge on any atom is -0.598 e. The van der Waals surface area contributed by atoms with Crippen LogP contribution in [0.5, 0.6) is 0 Å². The lowest BCUT2D eigenvalue weighted by atomic mass is 9.64. The lowest BCUT2D eigenvalue weighted by molar-refractivity contribution is -0.151. The fourth-order valence-corrected chi connectivity index (χ4v) is 4.40. The van der Waals surface area contributed by atoms with E-state index in [4.69, 9.17) is 4.74 Å². The number of carboxylic acid groups (broad SMARTS) is 1. The molecule has 21 heavy (non-hydrogen) atoms. The van der Waals surface area contributed by atoms with Gasteiger partial charge in [-0.05, 0) is 53.6 Å². The van der Waals surface area contributed by atoms with Crippen molar-refractivity contribution in [2.45, 2.75) is 56.9 Å². The zero-order valence-corrected chi connectivity index (χ0v) is 14.0. The lowest BCUT2D eigenvalue weighted by Gasteiger charge is -2.46. The first-order valence-corrected chi connectivity index (χ1v) is 8.56. The summed E-state index contributed by atoms with van der Waals surface area (Å²) in [5, 5.41) is 13.2. The van der Waals surface area contributed by atoms with Crippen LogP contribution >= 0.6 is 0 Å². The van der Waals surface area contributed by atoms with Crippen LogP contribution in [0.2, 0.25) is 0 Å². The summed E-state index contributed by atoms with van der Waals surface area (Å²) in [4.78, 5) is 12.2. The molecule has 0 aromatic rings. The van der Waals surface area contributed by atoms with Crippen molar-refractivity contribution in [3.8, 4) is 0 Å². The Morgan fingerprint density at radius 1 is 1.43 bits per heavy atom. The zero-order chi connectivity index (χ0) is 15.9. The summed E-state index contributed by atoms with van der Waals surface area (Å²) in [6, 6.07) is 0. The molecule has 3 atom stereocenters. The lowest BCUT2D eigenvalue weighted by Crippen LogP contribution is -2.70. The SMILES string of the molecule is C[C@H]1OCC2(CCNCC2)[C@@]1(N[S@+]([O-])C(C)(C)C)C(=O)O. The Morgan fingerprint density at radius 3 is 2.48 bits per heavy atom. The Morgan fingerprint density at radius 2 is 2.00 bits per heavy atom. The predicted molar refractivity (Wildman–Crippen MR) is 81.3 cm³/mol. The smallest absolute Gasteiger partial charge is 0.331 e. The number of hydrogen-bond donors (Lipinski definition) is 3. The van der Waals surface area contributed by atoms with Gasteiger partial charge in [0.15, 0.2) is 5.54 Å². The molecule has 7 heteroatoms. The van der Waals surface area contributed by atoms with E-state index in [1.165, 1.54) is 0 Å². The molecule has 3 N–H and O–H groups in total. The van der Waals surface area contributed by atoms with Crippen molar-refractivity contribution in [2.75, 3.05) is 19.7 Å². The summed E-state index contributed by atoms with van der Waals surface area (Å²) in [6.07, 6.45) is 0.898. The molecule has 0 amide bonds. The average Bonchev–Trinajstić information content (AvgIpc) is 2.65. The van der Waals surface area contributed by atoms with Crippen molar-refractivity contribution in [2.24, 2.45) is 5.41 Å². The van der Waals surface area contributed by atoms with Crippen LogP contribution < -0.4 is 10.0 Å². The maximum atomic E-state index is 12.6. The van der Waals surface area contributed by atoms with Gasteiger partial charge in [0.05, 0.1) is 12.7 Å². The van der Waals surface area contributed by atoms with Gasteiger partial charge in [-0.3, -0.25) is 0 Å². The van der Waals surface area contributed by atoms with Crippen molar-refractivity contribution in [1.82, 2.24) is 10.0 Å². The summed E-state index contributed by atoms with van der Waals surface area (Å²) in [6.45, 7) is 9.18. The molecule has 2 fully saturated rings. The number of carbonyl (C=O) groups is 1. The van der Waals surface area contributed by atoms with Crippen molar-refractivity contribution in [1.29, 1.82) is 0 Å². The molecule has 0 saturated carbocycles. The summed E-state index contributed by atoms with van der Waals surface area (Å²) in [7, 11) is 0. The van der Waals surface area contributed by atoms with E-state index >= 15 is 0 Å². The second-order valence-corrected chi connectivity index (χ2v) is 9.05. The van der Waals surface area contributed by atoms with Gasteiger partial charge in [-0.25, -0.2) is 4.79 Å². The minimum atomic E-state index is -1.47. The van der Waals surface area contributed by atoms with E-state index in [2.05, 4.69) is 10.0 Å². The first-order chi connectivity index (χ1) is 9.66. The standard InChI is InChI=1S/C14H26N2O4S/c1-10-14(11(17)18,16-21(19)12(2,3)4)13(9-20-10)5-7-15-8-6-13/h10,15-16H,5-9H2,1-4H3,(H,17,18)/t10-,14+,21-/m1/s1. The molecule has 0 radical (unpaired) electrons. The second-order valence-electron chi connectivity index (χ2n) is 7.08. The Bertz CT molecular complexity index is 401. The van der Waals surface area contributed by atoms with Gasteiger partial charge in [-0.1, -0.05) is 0 Å². The van der Waals surface area contributed by atoms with Crippen LogP contribution in [0.4, 0.5) is 0 Å². The summed E-state index contributed by atoms with van der Waals surface area (Å²) < 4.78 is 20.7. The highest BCUT2D eigenvalue weighted by Crippen LogP contribution is 2.49. The fourth-order valence-electron chi connectivity index (χ4n) is 3.33. The van der Waals surface area contributed by atoms with Gasteiger partial charge in [0.2, 0.25) is 0 Å². The van der Waals surface area contributed by atoms with Gasteiger partial charge in [0.25, 0.3) is 0 Å². The monoisotopic (exact) mass is 318 g/mol. The third kappa shape index (κ3) is 2.70. The molecule has 0 aromatic carbocycles. The maximum Gasteiger partial charge on any atom is 0.331 e. The minimum absolute atomic E-state index is 0.399. The normalized spacial score (nSPS) is 34.0. The molecule has 1 spiro atoms. The zero-order valence-electron chi connectivity index (χ0n) is 13.2. The maximum absolute atomic E-state index is 12.6. The van der Waals surface area contributed by atoms with E-state index in [0.29, 0.717) is 19.4 Å². The molecular formula is C14H26N2O4S. The van der Waals surface area contributed by atoms with Crippen LogP contribution in [0.15, 0.2) is 0 Å². The van der Waals surface area contributed by atoms with E-state index in [1.807, 2.05) is 20.8 Å². The van der Waals surface area contributed by atoms with E-state index in [-0.39, 0.29) is 0 Å². The van der Waals surface area contributed by atoms with Crippen LogP contribution in [0.1, 0.15) is 40.5 Å². The highest BCUT2D eigenvalue weighted by molar-refractivity contribution is 7.90. The Kier molecular flexibility index (Phi) is 4.62. The van der Waals surface area contributed by atoms with Gasteiger partial charge < -0.3 is 19.7 Å². The summed E-state index contributed by atoms with van der Waals surface area (Å²) in [5.74, 6) is -0.966. The molecule has 2 heterocycles. The third-order valence-corrected chi connectivity index (χ3v) is 6.38. The van der Waals surface area contributed by atoms with Crippen molar-refractivity contribution >= 4 is 17.3 Å².